The van der Waals surface area contributed by atoms with Crippen molar-refractivity contribution in [2.45, 2.75) is 37.5 Å². The van der Waals surface area contributed by atoms with Crippen molar-refractivity contribution in [3.63, 3.8) is 0 Å². The quantitative estimate of drug-likeness (QED) is 0.496. The van der Waals surface area contributed by atoms with E-state index in [2.05, 4.69) is 10.6 Å². The Morgan fingerprint density at radius 1 is 0.971 bits per heavy atom. The van der Waals surface area contributed by atoms with Gasteiger partial charge in [-0.15, -0.1) is 0 Å². The maximum atomic E-state index is 13.1. The molecule has 3 amide bonds. The lowest BCUT2D eigenvalue weighted by Gasteiger charge is -2.34. The number of primary amides is 1. The molecule has 0 spiro atoms. The van der Waals surface area contributed by atoms with Gasteiger partial charge in [-0.05, 0) is 49.7 Å². The van der Waals surface area contributed by atoms with Gasteiger partial charge >= 0.3 is 0 Å². The third kappa shape index (κ3) is 6.40. The van der Waals surface area contributed by atoms with Crippen LogP contribution in [0.3, 0.4) is 0 Å². The van der Waals surface area contributed by atoms with Crippen molar-refractivity contribution in [2.75, 3.05) is 19.6 Å². The molecule has 0 radical (unpaired) electrons. The Balaban J connectivity index is 1.63. The first-order valence-corrected chi connectivity index (χ1v) is 12.2. The van der Waals surface area contributed by atoms with E-state index >= 15 is 0 Å². The highest BCUT2D eigenvalue weighted by molar-refractivity contribution is 7.89. The van der Waals surface area contributed by atoms with Crippen LogP contribution in [0, 0.1) is 0 Å². The van der Waals surface area contributed by atoms with Crippen molar-refractivity contribution in [1.82, 2.24) is 14.9 Å². The minimum Gasteiger partial charge on any atom is -0.373 e. The number of rotatable bonds is 8. The van der Waals surface area contributed by atoms with E-state index < -0.39 is 27.7 Å². The zero-order chi connectivity index (χ0) is 24.9. The number of morpholine rings is 1. The molecule has 11 heteroatoms. The van der Waals surface area contributed by atoms with Crippen LogP contribution in [0.1, 0.15) is 40.1 Å². The molecule has 1 aliphatic heterocycles. The highest BCUT2D eigenvalue weighted by Gasteiger charge is 2.32. The average Bonchev–Trinajstić information content (AvgIpc) is 2.80. The number of sulfonamides is 1. The Morgan fingerprint density at radius 2 is 1.59 bits per heavy atom. The average molecular weight is 489 g/mol. The molecule has 4 N–H and O–H groups in total. The highest BCUT2D eigenvalue weighted by Crippen LogP contribution is 2.22. The Hall–Kier alpha value is -3.28. The summed E-state index contributed by atoms with van der Waals surface area (Å²) >= 11 is 0. The molecule has 1 fully saturated rings. The second-order valence-corrected chi connectivity index (χ2v) is 10.1. The van der Waals surface area contributed by atoms with E-state index in [1.165, 1.54) is 22.5 Å². The van der Waals surface area contributed by atoms with Gasteiger partial charge in [0.05, 0.1) is 23.6 Å². The lowest BCUT2D eigenvalue weighted by atomic mass is 10.1. The Labute approximate surface area is 198 Å². The number of hydrogen-bond donors (Lipinski definition) is 3. The zero-order valence-electron chi connectivity index (χ0n) is 19.0. The van der Waals surface area contributed by atoms with Crippen LogP contribution < -0.4 is 16.4 Å². The predicted octanol–water partition coefficient (Wildman–Crippen LogP) is 0.630. The first kappa shape index (κ1) is 25.3. The number of hydrogen-bond acceptors (Lipinski definition) is 6. The maximum absolute atomic E-state index is 13.1. The van der Waals surface area contributed by atoms with Gasteiger partial charge in [-0.3, -0.25) is 14.4 Å². The molecule has 1 saturated heterocycles. The van der Waals surface area contributed by atoms with Crippen LogP contribution in [0.2, 0.25) is 0 Å². The number of benzene rings is 2. The Bertz CT molecular complexity index is 1160. The highest BCUT2D eigenvalue weighted by atomic mass is 32.2. The minimum absolute atomic E-state index is 0.0489. The van der Waals surface area contributed by atoms with Crippen LogP contribution in [-0.2, 0) is 26.1 Å². The first-order valence-electron chi connectivity index (χ1n) is 10.8. The monoisotopic (exact) mass is 488 g/mol. The molecule has 1 heterocycles. The van der Waals surface area contributed by atoms with E-state index in [4.69, 9.17) is 10.5 Å². The predicted molar refractivity (Wildman–Crippen MR) is 124 cm³/mol. The van der Waals surface area contributed by atoms with Crippen molar-refractivity contribution in [3.8, 4) is 0 Å². The van der Waals surface area contributed by atoms with Crippen molar-refractivity contribution in [1.29, 1.82) is 0 Å². The number of amides is 3. The van der Waals surface area contributed by atoms with Crippen LogP contribution in [0.5, 0.6) is 0 Å². The minimum atomic E-state index is -3.77. The summed E-state index contributed by atoms with van der Waals surface area (Å²) in [6.45, 7) is 4.07. The van der Waals surface area contributed by atoms with Gasteiger partial charge in [0.2, 0.25) is 15.9 Å². The van der Waals surface area contributed by atoms with Crippen molar-refractivity contribution in [3.05, 3.63) is 65.2 Å². The van der Waals surface area contributed by atoms with E-state index in [0.29, 0.717) is 5.56 Å². The number of nitrogens with two attached hydrogens (primary N) is 1. The van der Waals surface area contributed by atoms with Gasteiger partial charge in [0.25, 0.3) is 11.8 Å². The molecular formula is C23H28N4O6S. The van der Waals surface area contributed by atoms with Crippen LogP contribution in [0.4, 0.5) is 0 Å². The van der Waals surface area contributed by atoms with Crippen LogP contribution in [0.25, 0.3) is 0 Å². The largest absolute Gasteiger partial charge is 0.373 e. The van der Waals surface area contributed by atoms with Gasteiger partial charge in [-0.25, -0.2) is 8.42 Å². The van der Waals surface area contributed by atoms with Crippen LogP contribution >= 0.6 is 0 Å². The number of ether oxygens (including phenoxy) is 1. The number of carbonyl (C=O) groups is 3. The van der Waals surface area contributed by atoms with Gasteiger partial charge in [-0.1, -0.05) is 18.2 Å². The summed E-state index contributed by atoms with van der Waals surface area (Å²) in [5.41, 5.74) is 6.31. The van der Waals surface area contributed by atoms with E-state index in [9.17, 15) is 22.8 Å². The number of carbonyl (C=O) groups excluding carboxylic acids is 3. The van der Waals surface area contributed by atoms with Gasteiger partial charge in [-0.2, -0.15) is 4.31 Å². The van der Waals surface area contributed by atoms with Gasteiger partial charge in [0.15, 0.2) is 0 Å². The fourth-order valence-corrected chi connectivity index (χ4v) is 5.24. The molecular weight excluding hydrogens is 460 g/mol. The topological polar surface area (TPSA) is 148 Å². The summed E-state index contributed by atoms with van der Waals surface area (Å²) in [5.74, 6) is -1.50. The van der Waals surface area contributed by atoms with Crippen molar-refractivity contribution in [2.24, 2.45) is 5.73 Å². The molecule has 2 aromatic rings. The fourth-order valence-electron chi connectivity index (χ4n) is 3.60. The molecule has 182 valence electrons. The Morgan fingerprint density at radius 3 is 2.21 bits per heavy atom. The van der Waals surface area contributed by atoms with E-state index in [-0.39, 0.29) is 48.8 Å². The molecule has 2 atom stereocenters. The lowest BCUT2D eigenvalue weighted by Crippen LogP contribution is -2.48. The normalized spacial score (nSPS) is 18.8. The molecule has 3 rings (SSSR count). The van der Waals surface area contributed by atoms with E-state index in [1.54, 1.807) is 30.3 Å². The van der Waals surface area contributed by atoms with Gasteiger partial charge in [0, 0.05) is 30.8 Å². The summed E-state index contributed by atoms with van der Waals surface area (Å²) in [6, 6.07) is 12.4. The smallest absolute Gasteiger partial charge is 0.251 e. The first-order chi connectivity index (χ1) is 16.1. The summed E-state index contributed by atoms with van der Waals surface area (Å²) in [5, 5.41) is 5.14. The molecule has 0 aromatic heterocycles. The van der Waals surface area contributed by atoms with E-state index in [0.717, 1.165) is 5.56 Å². The van der Waals surface area contributed by atoms with Gasteiger partial charge < -0.3 is 21.1 Å². The number of nitrogens with one attached hydrogen (secondary N) is 2. The van der Waals surface area contributed by atoms with Crippen LogP contribution in [0.15, 0.2) is 53.4 Å². The molecule has 2 aromatic carbocycles. The molecule has 34 heavy (non-hydrogen) atoms. The van der Waals surface area contributed by atoms with Crippen LogP contribution in [-0.4, -0.2) is 62.3 Å². The molecule has 0 unspecified atom stereocenters. The lowest BCUT2D eigenvalue weighted by molar-refractivity contribution is -0.117. The maximum Gasteiger partial charge on any atom is 0.251 e. The third-order valence-electron chi connectivity index (χ3n) is 5.21. The molecule has 10 nitrogen and oxygen atoms in total. The molecule has 0 saturated carbocycles. The van der Waals surface area contributed by atoms with E-state index in [1.807, 2.05) is 13.8 Å². The second-order valence-electron chi connectivity index (χ2n) is 8.14. The molecule has 0 bridgehead atoms. The summed E-state index contributed by atoms with van der Waals surface area (Å²) in [4.78, 5) is 35.4. The van der Waals surface area contributed by atoms with Crippen molar-refractivity contribution >= 4 is 27.7 Å². The summed E-state index contributed by atoms with van der Waals surface area (Å²) in [7, 11) is -3.77. The summed E-state index contributed by atoms with van der Waals surface area (Å²) in [6.07, 6.45) is -0.434. The third-order valence-corrected chi connectivity index (χ3v) is 7.04. The SMILES string of the molecule is C[C@H]1CN(S(=O)(=O)c2cccc(C(=O)NCc3ccc(C(=O)NCC(N)=O)cc3)c2)C[C@H](C)O1. The standard InChI is InChI=1S/C23H28N4O6S/c1-15-13-27(14-16(2)33-15)34(31,32)20-5-3-4-19(10-20)23(30)25-11-17-6-8-18(9-7-17)22(29)26-12-21(24)28/h3-10,15-16H,11-14H2,1-2H3,(H2,24,28)(H,25,30)(H,26,29)/t15-,16-/m0/s1. The molecule has 1 aliphatic rings. The Kier molecular flexibility index (Phi) is 8.02. The second kappa shape index (κ2) is 10.8. The van der Waals surface area contributed by atoms with Gasteiger partial charge in [0.1, 0.15) is 0 Å². The zero-order valence-corrected chi connectivity index (χ0v) is 19.8. The fraction of sp³-hybridized carbons (Fsp3) is 0.348. The van der Waals surface area contributed by atoms with Crippen molar-refractivity contribution < 1.29 is 27.5 Å². The molecule has 0 aliphatic carbocycles. The number of nitrogens with zero attached hydrogens (tertiary/aromatic N) is 1. The summed E-state index contributed by atoms with van der Waals surface area (Å²) < 4.78 is 33.2.